The van der Waals surface area contributed by atoms with Gasteiger partial charge in [0.1, 0.15) is 5.82 Å². The molecule has 1 amide bonds. The summed E-state index contributed by atoms with van der Waals surface area (Å²) in [4.78, 5) is 24.9. The number of aliphatic carboxylic acids is 1. The van der Waals surface area contributed by atoms with Crippen LogP contribution in [0.5, 0.6) is 5.88 Å². The van der Waals surface area contributed by atoms with Gasteiger partial charge in [-0.15, -0.1) is 0 Å². The zero-order chi connectivity index (χ0) is 29.5. The number of aromatic hydroxyl groups is 1. The zero-order valence-corrected chi connectivity index (χ0v) is 22.1. The SMILES string of the molecule is C[C@H]([C@H](C(=O)Nc1cccc(CC2(C(=O)O)CC2)c1)c1ccc(Cn2cc3c(F)cccc3c2O)cc1)C(F)(F)F. The highest BCUT2D eigenvalue weighted by Crippen LogP contribution is 2.48. The summed E-state index contributed by atoms with van der Waals surface area (Å²) >= 11 is 0. The number of aromatic nitrogens is 1. The smallest absolute Gasteiger partial charge is 0.392 e. The van der Waals surface area contributed by atoms with Crippen LogP contribution in [0.25, 0.3) is 10.8 Å². The molecule has 1 saturated carbocycles. The van der Waals surface area contributed by atoms with E-state index >= 15 is 0 Å². The molecule has 1 aromatic heterocycles. The van der Waals surface area contributed by atoms with Gasteiger partial charge in [-0.25, -0.2) is 4.39 Å². The zero-order valence-electron chi connectivity index (χ0n) is 22.1. The Balaban J connectivity index is 1.37. The summed E-state index contributed by atoms with van der Waals surface area (Å²) < 4.78 is 57.1. The molecule has 1 aliphatic rings. The van der Waals surface area contributed by atoms with Crippen molar-refractivity contribution in [1.82, 2.24) is 4.57 Å². The number of amides is 1. The monoisotopic (exact) mass is 568 g/mol. The summed E-state index contributed by atoms with van der Waals surface area (Å²) in [6.45, 7) is 1.09. The van der Waals surface area contributed by atoms with Crippen molar-refractivity contribution in [3.63, 3.8) is 0 Å². The lowest BCUT2D eigenvalue weighted by atomic mass is 9.85. The van der Waals surface area contributed by atoms with E-state index in [4.69, 9.17) is 0 Å². The third-order valence-corrected chi connectivity index (χ3v) is 7.89. The van der Waals surface area contributed by atoms with Crippen LogP contribution in [0.3, 0.4) is 0 Å². The highest BCUT2D eigenvalue weighted by atomic mass is 19.4. The number of carboxylic acid groups (broad SMARTS) is 1. The van der Waals surface area contributed by atoms with E-state index in [1.165, 1.54) is 35.0 Å². The number of benzene rings is 3. The van der Waals surface area contributed by atoms with Crippen molar-refractivity contribution in [2.75, 3.05) is 5.32 Å². The maximum atomic E-state index is 14.1. The molecule has 0 aliphatic heterocycles. The molecule has 0 unspecified atom stereocenters. The number of rotatable bonds is 9. The number of fused-ring (bicyclic) bond motifs is 1. The number of hydrogen-bond acceptors (Lipinski definition) is 3. The lowest BCUT2D eigenvalue weighted by molar-refractivity contribution is -0.178. The average Bonchev–Trinajstić information content (AvgIpc) is 3.63. The number of anilines is 1. The highest BCUT2D eigenvalue weighted by molar-refractivity contribution is 5.96. The van der Waals surface area contributed by atoms with Gasteiger partial charge in [-0.3, -0.25) is 9.59 Å². The third-order valence-electron chi connectivity index (χ3n) is 7.89. The predicted octanol–water partition coefficient (Wildman–Crippen LogP) is 6.86. The normalized spacial score (nSPS) is 15.8. The Bertz CT molecular complexity index is 1610. The number of alkyl halides is 3. The summed E-state index contributed by atoms with van der Waals surface area (Å²) in [5.74, 6) is -5.91. The van der Waals surface area contributed by atoms with Crippen molar-refractivity contribution >= 4 is 28.3 Å². The Morgan fingerprint density at radius 1 is 1.00 bits per heavy atom. The molecular weight excluding hydrogens is 540 g/mol. The average molecular weight is 569 g/mol. The molecule has 0 spiro atoms. The molecule has 2 atom stereocenters. The van der Waals surface area contributed by atoms with E-state index < -0.39 is 41.1 Å². The van der Waals surface area contributed by atoms with E-state index in [0.717, 1.165) is 6.92 Å². The van der Waals surface area contributed by atoms with Crippen LogP contribution in [0.4, 0.5) is 23.2 Å². The van der Waals surface area contributed by atoms with Gasteiger partial charge in [-0.05, 0) is 60.2 Å². The number of carbonyl (C=O) groups excluding carboxylic acids is 1. The van der Waals surface area contributed by atoms with Crippen LogP contribution >= 0.6 is 0 Å². The number of nitrogens with one attached hydrogen (secondary N) is 1. The molecule has 1 heterocycles. The molecule has 3 aromatic carbocycles. The molecule has 10 heteroatoms. The second kappa shape index (κ2) is 10.6. The van der Waals surface area contributed by atoms with Gasteiger partial charge in [0.05, 0.1) is 23.8 Å². The van der Waals surface area contributed by atoms with Gasteiger partial charge in [0.15, 0.2) is 5.88 Å². The molecule has 3 N–H and O–H groups in total. The van der Waals surface area contributed by atoms with Gasteiger partial charge in [-0.2, -0.15) is 13.2 Å². The Kier molecular flexibility index (Phi) is 7.27. The van der Waals surface area contributed by atoms with E-state index in [2.05, 4.69) is 5.32 Å². The first-order valence-corrected chi connectivity index (χ1v) is 13.1. The first kappa shape index (κ1) is 28.2. The molecule has 214 valence electrons. The standard InChI is InChI=1S/C31H28F4N2O4/c1-18(31(33,34)35)26(27(38)36-22-5-2-4-20(14-22)15-30(12-13-30)29(40)41)21-10-8-19(9-11-21)16-37-17-24-23(28(37)39)6-3-7-25(24)32/h2-11,14,17-18,26,39H,12-13,15-16H2,1H3,(H,36,38)(H,40,41)/t18-,26+/m1/s1. The first-order chi connectivity index (χ1) is 19.4. The van der Waals surface area contributed by atoms with Crippen molar-refractivity contribution in [3.05, 3.63) is 95.4 Å². The van der Waals surface area contributed by atoms with E-state index in [1.807, 2.05) is 0 Å². The van der Waals surface area contributed by atoms with Gasteiger partial charge >= 0.3 is 12.1 Å². The number of carbonyl (C=O) groups is 2. The summed E-state index contributed by atoms with van der Waals surface area (Å²) in [6.07, 6.45) is -1.81. The largest absolute Gasteiger partial charge is 0.494 e. The van der Waals surface area contributed by atoms with Crippen LogP contribution in [0.1, 0.15) is 42.4 Å². The van der Waals surface area contributed by atoms with Crippen molar-refractivity contribution in [1.29, 1.82) is 0 Å². The summed E-state index contributed by atoms with van der Waals surface area (Å²) in [5, 5.41) is 23.1. The van der Waals surface area contributed by atoms with Crippen LogP contribution < -0.4 is 5.32 Å². The molecule has 6 nitrogen and oxygen atoms in total. The van der Waals surface area contributed by atoms with Gasteiger partial charge in [-0.1, -0.05) is 49.4 Å². The van der Waals surface area contributed by atoms with Crippen molar-refractivity contribution in [2.24, 2.45) is 11.3 Å². The number of nitrogens with zero attached hydrogens (tertiary/aromatic N) is 1. The molecule has 4 aromatic rings. The molecule has 5 rings (SSSR count). The van der Waals surface area contributed by atoms with Crippen molar-refractivity contribution in [3.8, 4) is 5.88 Å². The maximum Gasteiger partial charge on any atom is 0.392 e. The fraction of sp³-hybridized carbons (Fsp3) is 0.290. The molecule has 1 aliphatic carbocycles. The minimum absolute atomic E-state index is 0.135. The van der Waals surface area contributed by atoms with Crippen LogP contribution in [0.2, 0.25) is 0 Å². The fourth-order valence-electron chi connectivity index (χ4n) is 5.23. The summed E-state index contributed by atoms with van der Waals surface area (Å²) in [6, 6.07) is 16.9. The van der Waals surface area contributed by atoms with E-state index in [1.54, 1.807) is 42.5 Å². The van der Waals surface area contributed by atoms with E-state index in [-0.39, 0.29) is 35.5 Å². The second-order valence-corrected chi connectivity index (χ2v) is 10.8. The molecule has 1 fully saturated rings. The maximum absolute atomic E-state index is 14.1. The Morgan fingerprint density at radius 2 is 1.68 bits per heavy atom. The van der Waals surface area contributed by atoms with Crippen LogP contribution in [0.15, 0.2) is 72.9 Å². The fourth-order valence-corrected chi connectivity index (χ4v) is 5.23. The van der Waals surface area contributed by atoms with Crippen LogP contribution in [-0.4, -0.2) is 32.8 Å². The number of hydrogen-bond donors (Lipinski definition) is 3. The summed E-state index contributed by atoms with van der Waals surface area (Å²) in [5.41, 5.74) is 0.919. The van der Waals surface area contributed by atoms with Gasteiger partial charge in [0.2, 0.25) is 5.91 Å². The molecule has 0 radical (unpaired) electrons. The Morgan fingerprint density at radius 3 is 2.29 bits per heavy atom. The van der Waals surface area contributed by atoms with Crippen molar-refractivity contribution in [2.45, 2.75) is 44.8 Å². The molecule has 41 heavy (non-hydrogen) atoms. The van der Waals surface area contributed by atoms with Crippen LogP contribution in [0, 0.1) is 17.2 Å². The van der Waals surface area contributed by atoms with Gasteiger partial charge in [0.25, 0.3) is 0 Å². The Labute approximate surface area is 233 Å². The lowest BCUT2D eigenvalue weighted by Crippen LogP contribution is -2.34. The number of halogens is 4. The molecular formula is C31H28F4N2O4. The lowest BCUT2D eigenvalue weighted by Gasteiger charge is -2.26. The topological polar surface area (TPSA) is 91.6 Å². The Hall–Kier alpha value is -4.34. The van der Waals surface area contributed by atoms with Gasteiger partial charge < -0.3 is 20.1 Å². The van der Waals surface area contributed by atoms with Crippen LogP contribution in [-0.2, 0) is 22.6 Å². The first-order valence-electron chi connectivity index (χ1n) is 13.1. The second-order valence-electron chi connectivity index (χ2n) is 10.8. The third kappa shape index (κ3) is 5.77. The van der Waals surface area contributed by atoms with Gasteiger partial charge in [0, 0.05) is 22.7 Å². The molecule has 0 bridgehead atoms. The predicted molar refractivity (Wildman–Crippen MR) is 145 cm³/mol. The quantitative estimate of drug-likeness (QED) is 0.192. The summed E-state index contributed by atoms with van der Waals surface area (Å²) in [7, 11) is 0. The molecule has 0 saturated heterocycles. The van der Waals surface area contributed by atoms with E-state index in [0.29, 0.717) is 29.4 Å². The minimum atomic E-state index is -4.65. The van der Waals surface area contributed by atoms with E-state index in [9.17, 15) is 37.4 Å². The highest BCUT2D eigenvalue weighted by Gasteiger charge is 2.50. The minimum Gasteiger partial charge on any atom is -0.494 e. The van der Waals surface area contributed by atoms with Crippen molar-refractivity contribution < 1.29 is 37.4 Å². The number of carboxylic acids is 1.